The fourth-order valence-electron chi connectivity index (χ4n) is 5.02. The predicted molar refractivity (Wildman–Crippen MR) is 164 cm³/mol. The molecule has 0 spiro atoms. The van der Waals surface area contributed by atoms with Crippen LogP contribution in [0.5, 0.6) is 0 Å². The number of sulfonamides is 1. The first-order chi connectivity index (χ1) is 19.6. The van der Waals surface area contributed by atoms with Crippen molar-refractivity contribution in [3.05, 3.63) is 93.4 Å². The van der Waals surface area contributed by atoms with Gasteiger partial charge >= 0.3 is 0 Å². The number of carbonyl (C=O) groups excluding carboxylic acids is 2. The molecular formula is C30H32Cl3N3O4S. The van der Waals surface area contributed by atoms with E-state index < -0.39 is 28.5 Å². The topological polar surface area (TPSA) is 86.8 Å². The number of anilines is 1. The van der Waals surface area contributed by atoms with Crippen LogP contribution >= 0.6 is 34.8 Å². The van der Waals surface area contributed by atoms with Crippen molar-refractivity contribution < 1.29 is 18.0 Å². The Balaban J connectivity index is 1.75. The molecule has 1 saturated carbocycles. The van der Waals surface area contributed by atoms with Gasteiger partial charge in [0.15, 0.2) is 0 Å². The van der Waals surface area contributed by atoms with Crippen molar-refractivity contribution in [3.63, 3.8) is 0 Å². The lowest BCUT2D eigenvalue weighted by Crippen LogP contribution is -2.53. The minimum absolute atomic E-state index is 0.00913. The molecule has 1 aliphatic carbocycles. The quantitative estimate of drug-likeness (QED) is 0.254. The van der Waals surface area contributed by atoms with Crippen LogP contribution in [0, 0.1) is 0 Å². The number of hydrogen-bond donors (Lipinski definition) is 1. The van der Waals surface area contributed by atoms with E-state index in [4.69, 9.17) is 34.8 Å². The first-order valence-electron chi connectivity index (χ1n) is 13.5. The third-order valence-corrected chi connectivity index (χ3v) is 10.1. The highest BCUT2D eigenvalue weighted by molar-refractivity contribution is 7.92. The summed E-state index contributed by atoms with van der Waals surface area (Å²) in [7, 11) is -4.26. The van der Waals surface area contributed by atoms with Crippen LogP contribution in [0.3, 0.4) is 0 Å². The molecule has 7 nitrogen and oxygen atoms in total. The third kappa shape index (κ3) is 7.36. The summed E-state index contributed by atoms with van der Waals surface area (Å²) in [6.45, 7) is 1.21. The number of nitrogens with zero attached hydrogens (tertiary/aromatic N) is 2. The highest BCUT2D eigenvalue weighted by atomic mass is 35.5. The van der Waals surface area contributed by atoms with Crippen LogP contribution in [0.25, 0.3) is 0 Å². The molecule has 1 aliphatic rings. The van der Waals surface area contributed by atoms with Crippen molar-refractivity contribution in [1.29, 1.82) is 0 Å². The zero-order valence-electron chi connectivity index (χ0n) is 22.6. The molecule has 41 heavy (non-hydrogen) atoms. The van der Waals surface area contributed by atoms with Crippen LogP contribution in [0.1, 0.15) is 44.6 Å². The first-order valence-corrected chi connectivity index (χ1v) is 16.1. The van der Waals surface area contributed by atoms with E-state index in [0.29, 0.717) is 17.0 Å². The number of amides is 2. The Hall–Kier alpha value is -2.78. The largest absolute Gasteiger partial charge is 0.352 e. The van der Waals surface area contributed by atoms with Gasteiger partial charge in [-0.25, -0.2) is 8.42 Å². The molecule has 11 heteroatoms. The Morgan fingerprint density at radius 3 is 2.20 bits per heavy atom. The summed E-state index contributed by atoms with van der Waals surface area (Å²) in [6, 6.07) is 18.6. The molecule has 0 bridgehead atoms. The second kappa shape index (κ2) is 13.9. The highest BCUT2D eigenvalue weighted by Crippen LogP contribution is 2.35. The second-order valence-corrected chi connectivity index (χ2v) is 13.0. The molecule has 0 radical (unpaired) electrons. The van der Waals surface area contributed by atoms with Crippen molar-refractivity contribution in [2.75, 3.05) is 10.8 Å². The Labute approximate surface area is 256 Å². The van der Waals surface area contributed by atoms with Gasteiger partial charge < -0.3 is 10.2 Å². The Bertz CT molecular complexity index is 1480. The summed E-state index contributed by atoms with van der Waals surface area (Å²) in [5.41, 5.74) is 0.686. The first kappa shape index (κ1) is 31.2. The number of benzene rings is 3. The van der Waals surface area contributed by atoms with Gasteiger partial charge in [0.1, 0.15) is 12.6 Å². The summed E-state index contributed by atoms with van der Waals surface area (Å²) in [4.78, 5) is 29.1. The summed E-state index contributed by atoms with van der Waals surface area (Å²) >= 11 is 19.2. The number of halogens is 3. The Kier molecular flexibility index (Phi) is 10.6. The van der Waals surface area contributed by atoms with E-state index in [0.717, 1.165) is 30.0 Å². The van der Waals surface area contributed by atoms with Crippen molar-refractivity contribution in [1.82, 2.24) is 10.2 Å². The molecule has 0 aliphatic heterocycles. The molecule has 0 saturated heterocycles. The number of rotatable bonds is 11. The molecule has 4 rings (SSSR count). The average molecular weight is 637 g/mol. The molecule has 3 aromatic carbocycles. The third-order valence-electron chi connectivity index (χ3n) is 7.20. The fourth-order valence-corrected chi connectivity index (χ4v) is 7.11. The molecule has 1 atom stereocenters. The molecule has 1 fully saturated rings. The van der Waals surface area contributed by atoms with E-state index in [1.165, 1.54) is 29.2 Å². The van der Waals surface area contributed by atoms with Gasteiger partial charge in [-0.15, -0.1) is 0 Å². The van der Waals surface area contributed by atoms with E-state index in [1.807, 2.05) is 6.92 Å². The van der Waals surface area contributed by atoms with Crippen LogP contribution in [-0.4, -0.2) is 43.8 Å². The van der Waals surface area contributed by atoms with Crippen LogP contribution < -0.4 is 9.62 Å². The Morgan fingerprint density at radius 2 is 1.54 bits per heavy atom. The average Bonchev–Trinajstić information content (AvgIpc) is 3.47. The number of nitrogens with one attached hydrogen (secondary N) is 1. The second-order valence-electron chi connectivity index (χ2n) is 9.92. The van der Waals surface area contributed by atoms with Gasteiger partial charge in [-0.2, -0.15) is 0 Å². The van der Waals surface area contributed by atoms with Gasteiger partial charge in [0, 0.05) is 17.6 Å². The molecule has 3 aromatic rings. The highest BCUT2D eigenvalue weighted by Gasteiger charge is 2.35. The van der Waals surface area contributed by atoms with Crippen molar-refractivity contribution in [3.8, 4) is 0 Å². The van der Waals surface area contributed by atoms with Gasteiger partial charge in [0.25, 0.3) is 10.0 Å². The molecule has 0 aromatic heterocycles. The fraction of sp³-hybridized carbons (Fsp3) is 0.333. The van der Waals surface area contributed by atoms with E-state index >= 15 is 0 Å². The van der Waals surface area contributed by atoms with Gasteiger partial charge in [0.2, 0.25) is 11.8 Å². The minimum Gasteiger partial charge on any atom is -0.352 e. The maximum absolute atomic E-state index is 14.2. The summed E-state index contributed by atoms with van der Waals surface area (Å²) in [5.74, 6) is -0.869. The van der Waals surface area contributed by atoms with E-state index in [-0.39, 0.29) is 39.1 Å². The smallest absolute Gasteiger partial charge is 0.264 e. The summed E-state index contributed by atoms with van der Waals surface area (Å²) < 4.78 is 28.8. The van der Waals surface area contributed by atoms with Crippen LogP contribution in [-0.2, 0) is 26.2 Å². The van der Waals surface area contributed by atoms with Gasteiger partial charge in [-0.3, -0.25) is 13.9 Å². The van der Waals surface area contributed by atoms with Gasteiger partial charge in [0.05, 0.1) is 20.6 Å². The summed E-state index contributed by atoms with van der Waals surface area (Å²) in [6.07, 6.45) is 4.17. The predicted octanol–water partition coefficient (Wildman–Crippen LogP) is 6.71. The number of hydrogen-bond acceptors (Lipinski definition) is 4. The van der Waals surface area contributed by atoms with Crippen molar-refractivity contribution in [2.24, 2.45) is 0 Å². The molecule has 2 amide bonds. The maximum Gasteiger partial charge on any atom is 0.264 e. The minimum atomic E-state index is -4.26. The van der Waals surface area contributed by atoms with Crippen LogP contribution in [0.2, 0.25) is 15.1 Å². The lowest BCUT2D eigenvalue weighted by atomic mass is 10.1. The number of carbonyl (C=O) groups is 2. The maximum atomic E-state index is 14.2. The Morgan fingerprint density at radius 1 is 0.902 bits per heavy atom. The van der Waals surface area contributed by atoms with Gasteiger partial charge in [-0.05, 0) is 55.2 Å². The lowest BCUT2D eigenvalue weighted by Gasteiger charge is -2.34. The SMILES string of the molecule is CC[C@H](C(=O)NC1CCCC1)N(Cc1ccccc1Cl)C(=O)CN(c1cccc(Cl)c1Cl)S(=O)(=O)c1ccccc1. The molecular weight excluding hydrogens is 605 g/mol. The normalized spacial score (nSPS) is 14.4. The van der Waals surface area contributed by atoms with Crippen LogP contribution in [0.15, 0.2) is 77.7 Å². The van der Waals surface area contributed by atoms with E-state index in [1.54, 1.807) is 48.5 Å². The van der Waals surface area contributed by atoms with Crippen LogP contribution in [0.4, 0.5) is 5.69 Å². The molecule has 0 unspecified atom stereocenters. The lowest BCUT2D eigenvalue weighted by molar-refractivity contribution is -0.140. The molecule has 0 heterocycles. The van der Waals surface area contributed by atoms with Crippen molar-refractivity contribution >= 4 is 62.3 Å². The van der Waals surface area contributed by atoms with E-state index in [9.17, 15) is 18.0 Å². The zero-order chi connectivity index (χ0) is 29.6. The van der Waals surface area contributed by atoms with Crippen molar-refractivity contribution in [2.45, 2.75) is 62.6 Å². The summed E-state index contributed by atoms with van der Waals surface area (Å²) in [5, 5.41) is 3.65. The zero-order valence-corrected chi connectivity index (χ0v) is 25.7. The standard InChI is InChI=1S/C30H32Cl3N3O4S/c1-2-26(30(38)34-22-12-7-8-13-22)35(19-21-11-6-9-16-24(21)31)28(37)20-36(27-18-10-17-25(32)29(27)33)41(39,40)23-14-4-3-5-15-23/h3-6,9-11,14-18,22,26H,2,7-8,12-13,19-20H2,1H3,(H,34,38)/t26-/m1/s1. The molecule has 1 N–H and O–H groups in total. The van der Waals surface area contributed by atoms with E-state index in [2.05, 4.69) is 5.32 Å². The monoisotopic (exact) mass is 635 g/mol. The molecule has 218 valence electrons. The van der Waals surface area contributed by atoms with Gasteiger partial charge in [-0.1, -0.05) is 97.0 Å².